The molecular formula is C19H22N6OS. The molecule has 1 aromatic carbocycles. The van der Waals surface area contributed by atoms with Crippen LogP contribution in [0.2, 0.25) is 0 Å². The highest BCUT2D eigenvalue weighted by molar-refractivity contribution is 7.18. The molecule has 140 valence electrons. The Morgan fingerprint density at radius 1 is 1.26 bits per heavy atom. The van der Waals surface area contributed by atoms with Crippen molar-refractivity contribution in [2.45, 2.75) is 44.6 Å². The summed E-state index contributed by atoms with van der Waals surface area (Å²) in [6.45, 7) is 3.87. The zero-order valence-corrected chi connectivity index (χ0v) is 16.1. The Morgan fingerprint density at radius 2 is 2.07 bits per heavy atom. The van der Waals surface area contributed by atoms with E-state index < -0.39 is 0 Å². The average Bonchev–Trinajstić information content (AvgIpc) is 3.33. The van der Waals surface area contributed by atoms with E-state index in [-0.39, 0.29) is 5.91 Å². The van der Waals surface area contributed by atoms with E-state index in [4.69, 9.17) is 4.98 Å². The van der Waals surface area contributed by atoms with Gasteiger partial charge in [0.25, 0.3) is 5.91 Å². The normalized spacial score (nSPS) is 18.1. The summed E-state index contributed by atoms with van der Waals surface area (Å²) >= 11 is 1.73. The summed E-state index contributed by atoms with van der Waals surface area (Å²) < 4.78 is 3.02. The Morgan fingerprint density at radius 3 is 2.85 bits per heavy atom. The molecule has 7 nitrogen and oxygen atoms in total. The van der Waals surface area contributed by atoms with Gasteiger partial charge in [-0.2, -0.15) is 0 Å². The van der Waals surface area contributed by atoms with E-state index in [1.807, 2.05) is 29.8 Å². The molecule has 0 bridgehead atoms. The maximum absolute atomic E-state index is 12.7. The smallest absolute Gasteiger partial charge is 0.278 e. The number of rotatable bonds is 4. The monoisotopic (exact) mass is 382 g/mol. The quantitative estimate of drug-likeness (QED) is 0.724. The molecule has 0 unspecified atom stereocenters. The van der Waals surface area contributed by atoms with Crippen LogP contribution in [0.5, 0.6) is 0 Å². The van der Waals surface area contributed by atoms with Crippen molar-refractivity contribution >= 4 is 33.1 Å². The van der Waals surface area contributed by atoms with Crippen LogP contribution in [0.4, 0.5) is 5.69 Å². The first kappa shape index (κ1) is 16.8. The van der Waals surface area contributed by atoms with Crippen molar-refractivity contribution < 1.29 is 4.79 Å². The van der Waals surface area contributed by atoms with Crippen LogP contribution in [0, 0.1) is 6.92 Å². The lowest BCUT2D eigenvalue weighted by atomic mass is 10.1. The molecule has 1 aliphatic heterocycles. The number of aromatic nitrogens is 4. The molecule has 3 heterocycles. The molecule has 2 aliphatic rings. The summed E-state index contributed by atoms with van der Waals surface area (Å²) in [5, 5.41) is 15.9. The fourth-order valence-corrected chi connectivity index (χ4v) is 4.84. The summed E-state index contributed by atoms with van der Waals surface area (Å²) in [7, 11) is 0. The van der Waals surface area contributed by atoms with E-state index in [0.29, 0.717) is 17.7 Å². The van der Waals surface area contributed by atoms with Gasteiger partial charge in [-0.3, -0.25) is 4.79 Å². The molecule has 0 radical (unpaired) electrons. The molecule has 2 N–H and O–H groups in total. The summed E-state index contributed by atoms with van der Waals surface area (Å²) in [6, 6.07) is 6.20. The number of hydrogen-bond donors (Lipinski definition) is 2. The van der Waals surface area contributed by atoms with Gasteiger partial charge >= 0.3 is 0 Å². The molecular weight excluding hydrogens is 360 g/mol. The molecule has 2 fully saturated rings. The number of fused-ring (bicyclic) bond motifs is 1. The predicted molar refractivity (Wildman–Crippen MR) is 105 cm³/mol. The molecule has 2 aromatic heterocycles. The number of amides is 1. The Bertz CT molecular complexity index is 999. The third kappa shape index (κ3) is 3.23. The maximum Gasteiger partial charge on any atom is 0.278 e. The first-order valence-corrected chi connectivity index (χ1v) is 10.3. The summed E-state index contributed by atoms with van der Waals surface area (Å²) in [5.74, 6) is 0.437. The van der Waals surface area contributed by atoms with Crippen molar-refractivity contribution in [1.82, 2.24) is 25.3 Å². The van der Waals surface area contributed by atoms with Gasteiger partial charge in [0, 0.05) is 11.6 Å². The van der Waals surface area contributed by atoms with Crippen LogP contribution >= 0.6 is 11.3 Å². The Hall–Kier alpha value is -2.32. The van der Waals surface area contributed by atoms with E-state index in [9.17, 15) is 4.79 Å². The maximum atomic E-state index is 12.7. The van der Waals surface area contributed by atoms with Crippen molar-refractivity contribution in [2.24, 2.45) is 0 Å². The van der Waals surface area contributed by atoms with Gasteiger partial charge in [-0.05, 0) is 63.9 Å². The fraction of sp³-hybridized carbons (Fsp3) is 0.474. The van der Waals surface area contributed by atoms with Gasteiger partial charge in [-0.25, -0.2) is 9.67 Å². The molecule has 1 amide bonds. The Balaban J connectivity index is 1.35. The SMILES string of the molecule is Cc1c(C(=O)Nc2ccc3nc(C4CC4)sc3c2)nnn1C1CCNCC1. The van der Waals surface area contributed by atoms with Crippen molar-refractivity contribution in [2.75, 3.05) is 18.4 Å². The molecule has 0 spiro atoms. The first-order chi connectivity index (χ1) is 13.2. The Kier molecular flexibility index (Phi) is 4.17. The van der Waals surface area contributed by atoms with Gasteiger partial charge in [0.2, 0.25) is 0 Å². The van der Waals surface area contributed by atoms with E-state index in [2.05, 4.69) is 20.9 Å². The van der Waals surface area contributed by atoms with Crippen LogP contribution in [-0.2, 0) is 0 Å². The molecule has 0 atom stereocenters. The largest absolute Gasteiger partial charge is 0.320 e. The summed E-state index contributed by atoms with van der Waals surface area (Å²) in [4.78, 5) is 17.4. The second kappa shape index (κ2) is 6.69. The number of carbonyl (C=O) groups is 1. The van der Waals surface area contributed by atoms with E-state index in [0.717, 1.165) is 47.5 Å². The molecule has 27 heavy (non-hydrogen) atoms. The topological polar surface area (TPSA) is 84.7 Å². The molecule has 1 saturated heterocycles. The second-order valence-corrected chi connectivity index (χ2v) is 8.47. The predicted octanol–water partition coefficient (Wildman–Crippen LogP) is 3.25. The van der Waals surface area contributed by atoms with Crippen LogP contribution in [0.15, 0.2) is 18.2 Å². The van der Waals surface area contributed by atoms with Crippen LogP contribution < -0.4 is 10.6 Å². The van der Waals surface area contributed by atoms with Crippen molar-refractivity contribution in [3.05, 3.63) is 34.6 Å². The van der Waals surface area contributed by atoms with E-state index in [1.54, 1.807) is 11.3 Å². The minimum atomic E-state index is -0.209. The minimum absolute atomic E-state index is 0.209. The van der Waals surface area contributed by atoms with Gasteiger partial charge in [0.15, 0.2) is 5.69 Å². The first-order valence-electron chi connectivity index (χ1n) is 9.53. The van der Waals surface area contributed by atoms with E-state index >= 15 is 0 Å². The number of thiazole rings is 1. The second-order valence-electron chi connectivity index (χ2n) is 7.41. The lowest BCUT2D eigenvalue weighted by Gasteiger charge is -2.23. The van der Waals surface area contributed by atoms with Crippen LogP contribution in [-0.4, -0.2) is 39.0 Å². The standard InChI is InChI=1S/C19H22N6OS/c1-11-17(23-24-25(11)14-6-8-20-9-7-14)18(26)21-13-4-5-15-16(10-13)27-19(22-15)12-2-3-12/h4-5,10,12,14,20H,2-3,6-9H2,1H3,(H,21,26). The highest BCUT2D eigenvalue weighted by atomic mass is 32.1. The van der Waals surface area contributed by atoms with Gasteiger partial charge in [-0.15, -0.1) is 16.4 Å². The third-order valence-electron chi connectivity index (χ3n) is 5.39. The van der Waals surface area contributed by atoms with Gasteiger partial charge in [0.05, 0.1) is 27.0 Å². The number of benzene rings is 1. The molecule has 8 heteroatoms. The molecule has 3 aromatic rings. The number of nitrogens with zero attached hydrogens (tertiary/aromatic N) is 4. The third-order valence-corrected chi connectivity index (χ3v) is 6.57. The average molecular weight is 382 g/mol. The van der Waals surface area contributed by atoms with Crippen molar-refractivity contribution in [1.29, 1.82) is 0 Å². The molecule has 1 saturated carbocycles. The minimum Gasteiger partial charge on any atom is -0.320 e. The lowest BCUT2D eigenvalue weighted by Crippen LogP contribution is -2.30. The van der Waals surface area contributed by atoms with Gasteiger partial charge in [-0.1, -0.05) is 5.21 Å². The molecule has 1 aliphatic carbocycles. The zero-order valence-electron chi connectivity index (χ0n) is 15.2. The van der Waals surface area contributed by atoms with Crippen LogP contribution in [0.25, 0.3) is 10.2 Å². The lowest BCUT2D eigenvalue weighted by molar-refractivity contribution is 0.102. The summed E-state index contributed by atoms with van der Waals surface area (Å²) in [6.07, 6.45) is 4.51. The zero-order chi connectivity index (χ0) is 18.4. The number of carbonyl (C=O) groups excluding carboxylic acids is 1. The van der Waals surface area contributed by atoms with Crippen LogP contribution in [0.3, 0.4) is 0 Å². The van der Waals surface area contributed by atoms with E-state index in [1.165, 1.54) is 17.8 Å². The number of nitrogens with one attached hydrogen (secondary N) is 2. The Labute approximate surface area is 161 Å². The summed E-state index contributed by atoms with van der Waals surface area (Å²) in [5.41, 5.74) is 3.01. The van der Waals surface area contributed by atoms with Gasteiger partial charge in [0.1, 0.15) is 0 Å². The molecule has 5 rings (SSSR count). The van der Waals surface area contributed by atoms with Crippen molar-refractivity contribution in [3.63, 3.8) is 0 Å². The van der Waals surface area contributed by atoms with Crippen molar-refractivity contribution in [3.8, 4) is 0 Å². The highest BCUT2D eigenvalue weighted by Crippen LogP contribution is 2.43. The number of anilines is 1. The fourth-order valence-electron chi connectivity index (χ4n) is 3.66. The number of piperidine rings is 1. The van der Waals surface area contributed by atoms with Crippen LogP contribution in [0.1, 0.15) is 58.8 Å². The number of hydrogen-bond acceptors (Lipinski definition) is 6. The van der Waals surface area contributed by atoms with Gasteiger partial charge < -0.3 is 10.6 Å². The highest BCUT2D eigenvalue weighted by Gasteiger charge is 2.27.